The Bertz CT molecular complexity index is 570. The summed E-state index contributed by atoms with van der Waals surface area (Å²) in [6.45, 7) is 0. The Morgan fingerprint density at radius 2 is 2.05 bits per heavy atom. The van der Waals surface area contributed by atoms with Gasteiger partial charge in [0.2, 0.25) is 0 Å². The van der Waals surface area contributed by atoms with Crippen LogP contribution >= 0.6 is 15.9 Å². The average Bonchev–Trinajstić information content (AvgIpc) is 2.76. The van der Waals surface area contributed by atoms with Crippen molar-refractivity contribution >= 4 is 15.9 Å². The third-order valence-corrected chi connectivity index (χ3v) is 3.24. The molecule has 3 N–H and O–H groups in total. The molecule has 0 aliphatic rings. The van der Waals surface area contributed by atoms with E-state index in [1.807, 2.05) is 0 Å². The van der Waals surface area contributed by atoms with Crippen molar-refractivity contribution in [3.63, 3.8) is 0 Å². The lowest BCUT2D eigenvalue weighted by Gasteiger charge is -2.19. The Hall–Kier alpha value is -1.38. The van der Waals surface area contributed by atoms with Crippen LogP contribution in [-0.4, -0.2) is 4.98 Å². The monoisotopic (exact) mass is 335 g/mol. The molecule has 19 heavy (non-hydrogen) atoms. The van der Waals surface area contributed by atoms with Crippen LogP contribution in [0.2, 0.25) is 0 Å². The third-order valence-electron chi connectivity index (χ3n) is 2.59. The van der Waals surface area contributed by atoms with Crippen LogP contribution in [-0.2, 0) is 6.18 Å². The molecule has 2 heterocycles. The van der Waals surface area contributed by atoms with Gasteiger partial charge in [-0.1, -0.05) is 0 Å². The second-order valence-electron chi connectivity index (χ2n) is 3.71. The molecule has 0 fully saturated rings. The SMILES string of the molecule is NNC(c1cnccc1C(F)(F)F)c1ccoc1Br. The van der Waals surface area contributed by atoms with Gasteiger partial charge in [-0.25, -0.2) is 5.43 Å². The quantitative estimate of drug-likeness (QED) is 0.668. The standard InChI is InChI=1S/C11H9BrF3N3O/c12-10-6(2-4-19-10)9(18-16)7-5-17-3-1-8(7)11(13,14)15/h1-5,9,18H,16H2. The number of pyridine rings is 1. The Morgan fingerprint density at radius 3 is 2.58 bits per heavy atom. The van der Waals surface area contributed by atoms with Crippen molar-refractivity contribution in [1.29, 1.82) is 0 Å². The second kappa shape index (κ2) is 5.32. The summed E-state index contributed by atoms with van der Waals surface area (Å²) in [6, 6.07) is 1.56. The molecule has 8 heteroatoms. The lowest BCUT2D eigenvalue weighted by molar-refractivity contribution is -0.138. The summed E-state index contributed by atoms with van der Waals surface area (Å²) in [5, 5.41) is 0. The predicted octanol–water partition coefficient (Wildman–Crippen LogP) is 3.01. The van der Waals surface area contributed by atoms with Crippen molar-refractivity contribution in [3.05, 3.63) is 52.1 Å². The van der Waals surface area contributed by atoms with E-state index >= 15 is 0 Å². The molecule has 0 aliphatic heterocycles. The fraction of sp³-hybridized carbons (Fsp3) is 0.182. The molecular formula is C11H9BrF3N3O. The number of nitrogens with zero attached hydrogens (tertiary/aromatic N) is 1. The van der Waals surface area contributed by atoms with Gasteiger partial charge in [-0.05, 0) is 28.1 Å². The number of alkyl halides is 3. The van der Waals surface area contributed by atoms with Gasteiger partial charge in [-0.3, -0.25) is 10.8 Å². The molecule has 102 valence electrons. The maximum absolute atomic E-state index is 13.0. The minimum atomic E-state index is -4.48. The second-order valence-corrected chi connectivity index (χ2v) is 4.43. The highest BCUT2D eigenvalue weighted by Gasteiger charge is 2.36. The zero-order chi connectivity index (χ0) is 14.0. The van der Waals surface area contributed by atoms with E-state index < -0.39 is 17.8 Å². The summed E-state index contributed by atoms with van der Waals surface area (Å²) < 4.78 is 44.2. The van der Waals surface area contributed by atoms with Crippen LogP contribution in [0.3, 0.4) is 0 Å². The summed E-state index contributed by atoms with van der Waals surface area (Å²) >= 11 is 3.12. The van der Waals surface area contributed by atoms with E-state index in [4.69, 9.17) is 10.3 Å². The fourth-order valence-electron chi connectivity index (χ4n) is 1.75. The van der Waals surface area contributed by atoms with Crippen LogP contribution < -0.4 is 11.3 Å². The molecule has 2 rings (SSSR count). The molecule has 0 amide bonds. The third kappa shape index (κ3) is 2.80. The van der Waals surface area contributed by atoms with Gasteiger partial charge in [0.1, 0.15) is 0 Å². The Labute approximate surface area is 114 Å². The van der Waals surface area contributed by atoms with Gasteiger partial charge >= 0.3 is 6.18 Å². The first-order valence-electron chi connectivity index (χ1n) is 5.15. The number of furan rings is 1. The average molecular weight is 336 g/mol. The lowest BCUT2D eigenvalue weighted by Crippen LogP contribution is -2.30. The van der Waals surface area contributed by atoms with Crippen molar-refractivity contribution in [3.8, 4) is 0 Å². The maximum atomic E-state index is 13.0. The predicted molar refractivity (Wildman–Crippen MR) is 64.8 cm³/mol. The smallest absolute Gasteiger partial charge is 0.416 e. The van der Waals surface area contributed by atoms with E-state index in [1.54, 1.807) is 0 Å². The summed E-state index contributed by atoms with van der Waals surface area (Å²) in [7, 11) is 0. The molecule has 2 aromatic rings. The summed E-state index contributed by atoms with van der Waals surface area (Å²) in [6.07, 6.45) is -0.909. The minimum Gasteiger partial charge on any atom is -0.457 e. The van der Waals surface area contributed by atoms with Crippen LogP contribution in [0.5, 0.6) is 0 Å². The molecule has 0 aliphatic carbocycles. The first kappa shape index (κ1) is 14.0. The molecule has 0 saturated heterocycles. The van der Waals surface area contributed by atoms with Crippen molar-refractivity contribution in [2.75, 3.05) is 0 Å². The van der Waals surface area contributed by atoms with Gasteiger partial charge in [0, 0.05) is 23.5 Å². The topological polar surface area (TPSA) is 64.1 Å². The number of aromatic nitrogens is 1. The van der Waals surface area contributed by atoms with E-state index in [0.717, 1.165) is 18.5 Å². The largest absolute Gasteiger partial charge is 0.457 e. The first-order chi connectivity index (χ1) is 8.95. The number of hydrazine groups is 1. The van der Waals surface area contributed by atoms with E-state index in [1.165, 1.54) is 12.3 Å². The van der Waals surface area contributed by atoms with E-state index in [9.17, 15) is 13.2 Å². The number of hydrogen-bond donors (Lipinski definition) is 2. The number of halogens is 4. The zero-order valence-electron chi connectivity index (χ0n) is 9.41. The minimum absolute atomic E-state index is 0.0698. The molecule has 0 saturated carbocycles. The summed E-state index contributed by atoms with van der Waals surface area (Å²) in [5.41, 5.74) is 1.94. The van der Waals surface area contributed by atoms with E-state index in [2.05, 4.69) is 26.3 Å². The summed E-state index contributed by atoms with van der Waals surface area (Å²) in [4.78, 5) is 3.73. The molecule has 1 unspecified atom stereocenters. The molecule has 4 nitrogen and oxygen atoms in total. The van der Waals surface area contributed by atoms with Crippen LogP contribution in [0.25, 0.3) is 0 Å². The Balaban J connectivity index is 2.54. The molecule has 0 spiro atoms. The zero-order valence-corrected chi connectivity index (χ0v) is 11.0. The van der Waals surface area contributed by atoms with Crippen molar-refractivity contribution in [2.24, 2.45) is 5.84 Å². The molecule has 2 aromatic heterocycles. The molecule has 0 bridgehead atoms. The van der Waals surface area contributed by atoms with Gasteiger partial charge in [0.15, 0.2) is 4.67 Å². The van der Waals surface area contributed by atoms with Gasteiger partial charge in [0.25, 0.3) is 0 Å². The summed E-state index contributed by atoms with van der Waals surface area (Å²) in [5.74, 6) is 5.37. The van der Waals surface area contributed by atoms with Crippen LogP contribution in [0, 0.1) is 0 Å². The number of nitrogens with two attached hydrogens (primary N) is 1. The maximum Gasteiger partial charge on any atom is 0.416 e. The molecule has 1 atom stereocenters. The highest BCUT2D eigenvalue weighted by Crippen LogP contribution is 2.37. The van der Waals surface area contributed by atoms with Crippen LogP contribution in [0.1, 0.15) is 22.7 Å². The van der Waals surface area contributed by atoms with E-state index in [0.29, 0.717) is 10.2 Å². The van der Waals surface area contributed by atoms with Gasteiger partial charge in [-0.2, -0.15) is 13.2 Å². The first-order valence-corrected chi connectivity index (χ1v) is 5.94. The van der Waals surface area contributed by atoms with Crippen LogP contribution in [0.4, 0.5) is 13.2 Å². The van der Waals surface area contributed by atoms with Gasteiger partial charge in [0.05, 0.1) is 17.9 Å². The number of hydrogen-bond acceptors (Lipinski definition) is 4. The van der Waals surface area contributed by atoms with Crippen molar-refractivity contribution < 1.29 is 17.6 Å². The molecule has 0 aromatic carbocycles. The van der Waals surface area contributed by atoms with Crippen molar-refractivity contribution in [2.45, 2.75) is 12.2 Å². The molecular weight excluding hydrogens is 327 g/mol. The number of nitrogens with one attached hydrogen (secondary N) is 1. The lowest BCUT2D eigenvalue weighted by atomic mass is 9.98. The van der Waals surface area contributed by atoms with Crippen molar-refractivity contribution in [1.82, 2.24) is 10.4 Å². The highest BCUT2D eigenvalue weighted by atomic mass is 79.9. The Kier molecular flexibility index (Phi) is 3.93. The normalized spacial score (nSPS) is 13.5. The van der Waals surface area contributed by atoms with Crippen LogP contribution in [0.15, 0.2) is 39.9 Å². The van der Waals surface area contributed by atoms with E-state index in [-0.39, 0.29) is 5.56 Å². The fourth-order valence-corrected chi connectivity index (χ4v) is 2.22. The molecule has 0 radical (unpaired) electrons. The number of rotatable bonds is 3. The Morgan fingerprint density at radius 1 is 1.32 bits per heavy atom. The van der Waals surface area contributed by atoms with Gasteiger partial charge in [-0.15, -0.1) is 0 Å². The van der Waals surface area contributed by atoms with Gasteiger partial charge < -0.3 is 4.42 Å². The highest BCUT2D eigenvalue weighted by molar-refractivity contribution is 9.10.